The molecule has 1 aliphatic heterocycles. The van der Waals surface area contributed by atoms with Crippen molar-refractivity contribution in [3.05, 3.63) is 0 Å². The first-order valence-electron chi connectivity index (χ1n) is 7.81. The van der Waals surface area contributed by atoms with E-state index in [1.165, 1.54) is 0 Å². The van der Waals surface area contributed by atoms with E-state index in [1.807, 2.05) is 0 Å². The van der Waals surface area contributed by atoms with Crippen molar-refractivity contribution in [1.29, 1.82) is 0 Å². The molecule has 1 saturated heterocycles. The topological polar surface area (TPSA) is 153 Å². The highest BCUT2D eigenvalue weighted by Crippen LogP contribution is 2.28. The minimum Gasteiger partial charge on any atom is -0.463 e. The smallest absolute Gasteiger partial charge is 0.312 e. The summed E-state index contributed by atoms with van der Waals surface area (Å²) in [4.78, 5) is 60.5. The largest absolute Gasteiger partial charge is 0.463 e. The average molecular weight is 391 g/mol. The Morgan fingerprint density at radius 2 is 1.44 bits per heavy atom. The minimum absolute atomic E-state index is 0.0622. The Kier molecular flexibility index (Phi) is 8.62. The van der Waals surface area contributed by atoms with Crippen LogP contribution in [0.3, 0.4) is 0 Å². The summed E-state index contributed by atoms with van der Waals surface area (Å²) < 4.78 is 25.7. The quantitative estimate of drug-likeness (QED) is 0.227. The van der Waals surface area contributed by atoms with Crippen LogP contribution in [0.5, 0.6) is 0 Å². The van der Waals surface area contributed by atoms with Gasteiger partial charge in [-0.1, -0.05) is 0 Å². The molecule has 1 aliphatic rings. The third-order valence-electron chi connectivity index (χ3n) is 3.24. The second-order valence-corrected chi connectivity index (χ2v) is 5.46. The number of carbonyl (C=O) groups excluding carboxylic acids is 5. The van der Waals surface area contributed by atoms with Gasteiger partial charge >= 0.3 is 30.3 Å². The molecule has 12 nitrogen and oxygen atoms in total. The predicted molar refractivity (Wildman–Crippen MR) is 82.2 cm³/mol. The second-order valence-electron chi connectivity index (χ2n) is 5.46. The molecule has 0 radical (unpaired) electrons. The molecule has 152 valence electrons. The van der Waals surface area contributed by atoms with E-state index < -0.39 is 54.5 Å². The van der Waals surface area contributed by atoms with Crippen LogP contribution in [0.15, 0.2) is 0 Å². The Labute approximate surface area is 154 Å². The van der Waals surface area contributed by atoms with Crippen LogP contribution in [0.2, 0.25) is 0 Å². The maximum Gasteiger partial charge on any atom is 0.312 e. The van der Waals surface area contributed by atoms with Crippen LogP contribution in [-0.2, 0) is 52.5 Å². The van der Waals surface area contributed by atoms with E-state index in [0.29, 0.717) is 0 Å². The fourth-order valence-electron chi connectivity index (χ4n) is 2.40. The number of hydrogen-bond acceptors (Lipinski definition) is 12. The minimum atomic E-state index is -1.47. The summed E-state index contributed by atoms with van der Waals surface area (Å²) in [5.41, 5.74) is 2.28. The van der Waals surface area contributed by atoms with E-state index in [1.54, 1.807) is 0 Å². The molecule has 12 heteroatoms. The lowest BCUT2D eigenvalue weighted by Gasteiger charge is -2.43. The molecular weight excluding hydrogens is 370 g/mol. The number of hydroxylamine groups is 1. The van der Waals surface area contributed by atoms with Gasteiger partial charge in [-0.2, -0.15) is 0 Å². The van der Waals surface area contributed by atoms with Gasteiger partial charge in [0.25, 0.3) is 0 Å². The van der Waals surface area contributed by atoms with E-state index in [2.05, 4.69) is 10.3 Å². The second kappa shape index (κ2) is 10.4. The number of nitrogens with one attached hydrogen (secondary N) is 1. The van der Waals surface area contributed by atoms with Crippen molar-refractivity contribution < 1.29 is 52.5 Å². The third kappa shape index (κ3) is 7.19. The molecule has 0 unspecified atom stereocenters. The highest BCUT2D eigenvalue weighted by atomic mass is 16.7. The Morgan fingerprint density at radius 1 is 0.889 bits per heavy atom. The van der Waals surface area contributed by atoms with Crippen molar-refractivity contribution >= 4 is 30.3 Å². The Balaban J connectivity index is 3.24. The normalized spacial score (nSPS) is 27.0. The molecule has 1 heterocycles. The highest BCUT2D eigenvalue weighted by molar-refractivity contribution is 5.68. The molecule has 0 spiro atoms. The SMILES string of the molecule is CC(=O)OC[C@H]1O[C@H](OC(C)=O)[C@@H](OC(C)=O)[C@@H](OC(C)=O)[C@@H]1NOC=O. The van der Waals surface area contributed by atoms with Gasteiger partial charge in [-0.25, -0.2) is 0 Å². The number of rotatable bonds is 8. The van der Waals surface area contributed by atoms with Gasteiger partial charge < -0.3 is 28.5 Å². The van der Waals surface area contributed by atoms with E-state index in [-0.39, 0.29) is 13.1 Å². The van der Waals surface area contributed by atoms with Crippen LogP contribution < -0.4 is 5.48 Å². The zero-order valence-corrected chi connectivity index (χ0v) is 15.2. The summed E-state index contributed by atoms with van der Waals surface area (Å²) in [7, 11) is 0. The first-order valence-corrected chi connectivity index (χ1v) is 7.81. The van der Waals surface area contributed by atoms with Gasteiger partial charge in [-0.15, -0.1) is 5.48 Å². The standard InChI is InChI=1S/C15H21NO11/c1-7(18)22-5-11-12(16-23-6-17)13(24-8(2)19)14(25-9(3)20)15(27-11)26-10(4)21/h6,11-16H,5H2,1-4H3/t11-,12-,13+,14+,15+/m1/s1. The maximum atomic E-state index is 11.5. The number of esters is 4. The molecule has 1 rings (SSSR count). The van der Waals surface area contributed by atoms with Gasteiger partial charge in [0.15, 0.2) is 6.10 Å². The molecule has 1 N–H and O–H groups in total. The lowest BCUT2D eigenvalue weighted by atomic mass is 9.96. The highest BCUT2D eigenvalue weighted by Gasteiger charge is 2.52. The fourth-order valence-corrected chi connectivity index (χ4v) is 2.40. The molecule has 0 aromatic carbocycles. The van der Waals surface area contributed by atoms with Crippen molar-refractivity contribution in [3.63, 3.8) is 0 Å². The predicted octanol–water partition coefficient (Wildman–Crippen LogP) is -1.25. The Hall–Kier alpha value is -2.73. The molecule has 5 atom stereocenters. The molecule has 0 aromatic rings. The van der Waals surface area contributed by atoms with Crippen LogP contribution >= 0.6 is 0 Å². The summed E-state index contributed by atoms with van der Waals surface area (Å²) in [6, 6.07) is -1.12. The zero-order chi connectivity index (χ0) is 20.6. The number of carbonyl (C=O) groups is 5. The van der Waals surface area contributed by atoms with Crippen molar-refractivity contribution in [2.45, 2.75) is 58.3 Å². The van der Waals surface area contributed by atoms with Crippen molar-refractivity contribution in [2.75, 3.05) is 6.61 Å². The van der Waals surface area contributed by atoms with Gasteiger partial charge in [0, 0.05) is 27.7 Å². The van der Waals surface area contributed by atoms with Crippen molar-refractivity contribution in [1.82, 2.24) is 5.48 Å². The van der Waals surface area contributed by atoms with Crippen molar-refractivity contribution in [2.24, 2.45) is 0 Å². The van der Waals surface area contributed by atoms with E-state index in [0.717, 1.165) is 27.7 Å². The molecule has 27 heavy (non-hydrogen) atoms. The molecule has 0 aromatic heterocycles. The number of hydrogen-bond donors (Lipinski definition) is 1. The molecule has 0 saturated carbocycles. The molecular formula is C15H21NO11. The van der Waals surface area contributed by atoms with Gasteiger partial charge in [-0.3, -0.25) is 24.0 Å². The monoisotopic (exact) mass is 391 g/mol. The Morgan fingerprint density at radius 3 is 1.93 bits per heavy atom. The molecule has 0 amide bonds. The molecule has 0 aliphatic carbocycles. The summed E-state index contributed by atoms with van der Waals surface area (Å²) in [6.45, 7) is 4.13. The molecule has 1 fully saturated rings. The van der Waals surface area contributed by atoms with Crippen LogP contribution in [0.4, 0.5) is 0 Å². The molecule has 0 bridgehead atoms. The van der Waals surface area contributed by atoms with Crippen LogP contribution in [0, 0.1) is 0 Å². The van der Waals surface area contributed by atoms with E-state index >= 15 is 0 Å². The van der Waals surface area contributed by atoms with E-state index in [9.17, 15) is 24.0 Å². The van der Waals surface area contributed by atoms with Gasteiger partial charge in [0.1, 0.15) is 18.8 Å². The lowest BCUT2D eigenvalue weighted by molar-refractivity contribution is -0.285. The number of ether oxygens (including phenoxy) is 5. The van der Waals surface area contributed by atoms with Gasteiger partial charge in [0.05, 0.1) is 0 Å². The van der Waals surface area contributed by atoms with Gasteiger partial charge in [-0.05, 0) is 0 Å². The van der Waals surface area contributed by atoms with Crippen LogP contribution in [-0.4, -0.2) is 67.6 Å². The zero-order valence-electron chi connectivity index (χ0n) is 15.2. The summed E-state index contributed by atoms with van der Waals surface area (Å²) in [5, 5.41) is 0. The third-order valence-corrected chi connectivity index (χ3v) is 3.24. The first-order chi connectivity index (χ1) is 12.6. The fraction of sp³-hybridized carbons (Fsp3) is 0.667. The summed E-state index contributed by atoms with van der Waals surface area (Å²) in [6.07, 6.45) is -5.23. The maximum absolute atomic E-state index is 11.5. The van der Waals surface area contributed by atoms with Crippen LogP contribution in [0.1, 0.15) is 27.7 Å². The average Bonchev–Trinajstić information content (AvgIpc) is 2.53. The first kappa shape index (κ1) is 22.3. The summed E-state index contributed by atoms with van der Waals surface area (Å²) in [5.74, 6) is -2.93. The van der Waals surface area contributed by atoms with Gasteiger partial charge in [0.2, 0.25) is 12.4 Å². The lowest BCUT2D eigenvalue weighted by Crippen LogP contribution is -2.66. The van der Waals surface area contributed by atoms with Crippen LogP contribution in [0.25, 0.3) is 0 Å². The Bertz CT molecular complexity index is 578. The van der Waals surface area contributed by atoms with E-state index in [4.69, 9.17) is 23.7 Å². The van der Waals surface area contributed by atoms with Crippen molar-refractivity contribution in [3.8, 4) is 0 Å². The summed E-state index contributed by atoms with van der Waals surface area (Å²) >= 11 is 0.